The summed E-state index contributed by atoms with van der Waals surface area (Å²) in [5.74, 6) is 0.164. The van der Waals surface area contributed by atoms with Gasteiger partial charge in [-0.2, -0.15) is 0 Å². The van der Waals surface area contributed by atoms with Gasteiger partial charge in [-0.25, -0.2) is 4.98 Å². The predicted molar refractivity (Wildman–Crippen MR) is 101 cm³/mol. The van der Waals surface area contributed by atoms with Gasteiger partial charge < -0.3 is 4.90 Å². The number of thiazole rings is 1. The molecule has 2 aliphatic rings. The third kappa shape index (κ3) is 3.35. The second kappa shape index (κ2) is 6.89. The van der Waals surface area contributed by atoms with Gasteiger partial charge in [-0.15, -0.1) is 11.3 Å². The van der Waals surface area contributed by atoms with E-state index in [9.17, 15) is 4.79 Å². The van der Waals surface area contributed by atoms with Gasteiger partial charge in [0.2, 0.25) is 0 Å². The van der Waals surface area contributed by atoms with E-state index in [2.05, 4.69) is 34.1 Å². The number of fused-ring (bicyclic) bond motifs is 1. The molecule has 1 unspecified atom stereocenters. The number of aryl methyl sites for hydroxylation is 3. The smallest absolute Gasteiger partial charge is 0.265 e. The topological polar surface area (TPSA) is 36.4 Å². The van der Waals surface area contributed by atoms with Crippen molar-refractivity contribution in [1.82, 2.24) is 14.8 Å². The minimum Gasteiger partial charge on any atom is -0.335 e. The molecule has 0 radical (unpaired) electrons. The zero-order chi connectivity index (χ0) is 17.4. The highest BCUT2D eigenvalue weighted by atomic mass is 32.1. The zero-order valence-corrected chi connectivity index (χ0v) is 15.8. The molecule has 5 heteroatoms. The van der Waals surface area contributed by atoms with Crippen molar-refractivity contribution in [1.29, 1.82) is 0 Å². The number of aromatic nitrogens is 1. The fourth-order valence-electron chi connectivity index (χ4n) is 4.15. The molecule has 0 spiro atoms. The number of hydrogen-bond donors (Lipinski definition) is 0. The van der Waals surface area contributed by atoms with Gasteiger partial charge in [0.25, 0.3) is 5.91 Å². The summed E-state index contributed by atoms with van der Waals surface area (Å²) in [4.78, 5) is 22.6. The third-order valence-electron chi connectivity index (χ3n) is 5.54. The zero-order valence-electron chi connectivity index (χ0n) is 15.0. The molecule has 0 N–H and O–H groups in total. The molecule has 1 saturated heterocycles. The molecule has 1 fully saturated rings. The number of benzene rings is 1. The largest absolute Gasteiger partial charge is 0.335 e. The van der Waals surface area contributed by atoms with Crippen molar-refractivity contribution in [2.45, 2.75) is 39.2 Å². The van der Waals surface area contributed by atoms with Gasteiger partial charge >= 0.3 is 0 Å². The highest BCUT2D eigenvalue weighted by molar-refractivity contribution is 7.13. The molecule has 2 heterocycles. The lowest BCUT2D eigenvalue weighted by Gasteiger charge is -2.41. The number of carbonyl (C=O) groups excluding carboxylic acids is 1. The van der Waals surface area contributed by atoms with Crippen LogP contribution >= 0.6 is 11.3 Å². The molecule has 2 aromatic rings. The molecule has 1 aliphatic heterocycles. The summed E-state index contributed by atoms with van der Waals surface area (Å²) in [5.41, 5.74) is 3.90. The average molecular weight is 356 g/mol. The van der Waals surface area contributed by atoms with Gasteiger partial charge in [0.1, 0.15) is 4.88 Å². The molecule has 4 nitrogen and oxygen atoms in total. The predicted octanol–water partition coefficient (Wildman–Crippen LogP) is 3.08. The van der Waals surface area contributed by atoms with Crippen LogP contribution in [0.4, 0.5) is 0 Å². The van der Waals surface area contributed by atoms with Crippen LogP contribution in [0.25, 0.3) is 0 Å². The molecule has 1 atom stereocenters. The first-order valence-electron chi connectivity index (χ1n) is 9.16. The molecule has 0 bridgehead atoms. The lowest BCUT2D eigenvalue weighted by atomic mass is 9.87. The molecular weight excluding hydrogens is 330 g/mol. The van der Waals surface area contributed by atoms with E-state index in [-0.39, 0.29) is 5.91 Å². The van der Waals surface area contributed by atoms with Crippen LogP contribution in [0.1, 0.15) is 37.9 Å². The van der Waals surface area contributed by atoms with Gasteiger partial charge in [0.15, 0.2) is 0 Å². The molecule has 4 rings (SSSR count). The SMILES string of the molecule is Cc1nc(C)c(C(=O)N2CCN(C3CCc4ccccc4C3)CC2)s1. The van der Waals surface area contributed by atoms with Crippen LogP contribution in [-0.4, -0.2) is 52.9 Å². The van der Waals surface area contributed by atoms with E-state index in [1.807, 2.05) is 18.7 Å². The van der Waals surface area contributed by atoms with Crippen molar-refractivity contribution in [3.8, 4) is 0 Å². The Morgan fingerprint density at radius 1 is 1.12 bits per heavy atom. The van der Waals surface area contributed by atoms with Gasteiger partial charge in [-0.1, -0.05) is 24.3 Å². The van der Waals surface area contributed by atoms with Gasteiger partial charge in [-0.3, -0.25) is 9.69 Å². The summed E-state index contributed by atoms with van der Waals surface area (Å²) in [6.45, 7) is 7.52. The van der Waals surface area contributed by atoms with E-state index >= 15 is 0 Å². The van der Waals surface area contributed by atoms with Gasteiger partial charge in [0.05, 0.1) is 10.7 Å². The van der Waals surface area contributed by atoms with E-state index in [0.717, 1.165) is 48.2 Å². The van der Waals surface area contributed by atoms with Crippen molar-refractivity contribution >= 4 is 17.2 Å². The van der Waals surface area contributed by atoms with Crippen molar-refractivity contribution in [3.05, 3.63) is 51.0 Å². The van der Waals surface area contributed by atoms with Crippen molar-refractivity contribution in [2.75, 3.05) is 26.2 Å². The maximum absolute atomic E-state index is 12.8. The Morgan fingerprint density at radius 2 is 1.84 bits per heavy atom. The average Bonchev–Trinajstić information content (AvgIpc) is 2.99. The number of piperazine rings is 1. The van der Waals surface area contributed by atoms with Crippen LogP contribution in [-0.2, 0) is 12.8 Å². The van der Waals surface area contributed by atoms with Crippen LogP contribution in [0.15, 0.2) is 24.3 Å². The number of rotatable bonds is 2. The molecule has 132 valence electrons. The normalized spacial score (nSPS) is 21.2. The summed E-state index contributed by atoms with van der Waals surface area (Å²) >= 11 is 1.52. The molecule has 1 aromatic heterocycles. The van der Waals surface area contributed by atoms with Crippen LogP contribution < -0.4 is 0 Å². The fraction of sp³-hybridized carbons (Fsp3) is 0.500. The number of nitrogens with zero attached hydrogens (tertiary/aromatic N) is 3. The second-order valence-electron chi connectivity index (χ2n) is 7.14. The van der Waals surface area contributed by atoms with Crippen LogP contribution in [0.5, 0.6) is 0 Å². The highest BCUT2D eigenvalue weighted by Gasteiger charge is 2.30. The number of amides is 1. The first-order valence-corrected chi connectivity index (χ1v) is 9.97. The van der Waals surface area contributed by atoms with E-state index in [4.69, 9.17) is 0 Å². The second-order valence-corrected chi connectivity index (χ2v) is 8.34. The van der Waals surface area contributed by atoms with E-state index < -0.39 is 0 Å². The maximum atomic E-state index is 12.8. The molecule has 1 aliphatic carbocycles. The summed E-state index contributed by atoms with van der Waals surface area (Å²) in [6.07, 6.45) is 3.56. The monoisotopic (exact) mass is 355 g/mol. The Balaban J connectivity index is 1.37. The van der Waals surface area contributed by atoms with E-state index in [0.29, 0.717) is 6.04 Å². The minimum absolute atomic E-state index is 0.164. The van der Waals surface area contributed by atoms with Gasteiger partial charge in [0, 0.05) is 32.2 Å². The molecule has 1 aromatic carbocycles. The Labute approximate surface area is 153 Å². The third-order valence-corrected chi connectivity index (χ3v) is 6.60. The maximum Gasteiger partial charge on any atom is 0.265 e. The summed E-state index contributed by atoms with van der Waals surface area (Å²) in [5, 5.41) is 0.973. The Morgan fingerprint density at radius 3 is 2.52 bits per heavy atom. The Hall–Kier alpha value is -1.72. The molecule has 0 saturated carbocycles. The number of hydrogen-bond acceptors (Lipinski definition) is 4. The lowest BCUT2D eigenvalue weighted by molar-refractivity contribution is 0.0556. The lowest BCUT2D eigenvalue weighted by Crippen LogP contribution is -2.53. The summed E-state index contributed by atoms with van der Waals surface area (Å²) in [6, 6.07) is 9.46. The first kappa shape index (κ1) is 16.7. The van der Waals surface area contributed by atoms with Crippen molar-refractivity contribution in [2.24, 2.45) is 0 Å². The quantitative estimate of drug-likeness (QED) is 0.831. The molecule has 25 heavy (non-hydrogen) atoms. The summed E-state index contributed by atoms with van der Waals surface area (Å²) in [7, 11) is 0. The standard InChI is InChI=1S/C20H25N3OS/c1-14-19(25-15(2)21-14)20(24)23-11-9-22(10-12-23)18-8-7-16-5-3-4-6-17(16)13-18/h3-6,18H,7-13H2,1-2H3. The summed E-state index contributed by atoms with van der Waals surface area (Å²) < 4.78 is 0. The van der Waals surface area contributed by atoms with Crippen molar-refractivity contribution in [3.63, 3.8) is 0 Å². The van der Waals surface area contributed by atoms with Crippen LogP contribution in [0.3, 0.4) is 0 Å². The minimum atomic E-state index is 0.164. The van der Waals surface area contributed by atoms with Crippen LogP contribution in [0.2, 0.25) is 0 Å². The fourth-order valence-corrected chi connectivity index (χ4v) is 5.04. The Kier molecular flexibility index (Phi) is 4.61. The molecule has 1 amide bonds. The van der Waals surface area contributed by atoms with Gasteiger partial charge in [-0.05, 0) is 44.2 Å². The van der Waals surface area contributed by atoms with E-state index in [1.165, 1.54) is 35.3 Å². The first-order chi connectivity index (χ1) is 12.1. The Bertz CT molecular complexity index is 777. The number of carbonyl (C=O) groups is 1. The van der Waals surface area contributed by atoms with Crippen molar-refractivity contribution < 1.29 is 4.79 Å². The van der Waals surface area contributed by atoms with Crippen LogP contribution in [0, 0.1) is 13.8 Å². The highest BCUT2D eigenvalue weighted by Crippen LogP contribution is 2.26. The van der Waals surface area contributed by atoms with E-state index in [1.54, 1.807) is 0 Å². The molecular formula is C20H25N3OS.